The van der Waals surface area contributed by atoms with Gasteiger partial charge in [-0.3, -0.25) is 4.79 Å². The van der Waals surface area contributed by atoms with Crippen LogP contribution in [0.1, 0.15) is 21.7 Å². The van der Waals surface area contributed by atoms with E-state index in [-0.39, 0.29) is 11.7 Å². The van der Waals surface area contributed by atoms with Gasteiger partial charge in [-0.25, -0.2) is 0 Å². The summed E-state index contributed by atoms with van der Waals surface area (Å²) in [6, 6.07) is 24.4. The number of nitrogens with one attached hydrogen (secondary N) is 1. The normalized spacial score (nSPS) is 10.8. The van der Waals surface area contributed by atoms with Crippen molar-refractivity contribution in [2.45, 2.75) is 13.2 Å². The van der Waals surface area contributed by atoms with E-state index in [0.717, 1.165) is 16.9 Å². The number of carbonyl (C=O) groups excluding carboxylic acids is 1. The molecule has 3 heterocycles. The molecule has 33 heavy (non-hydrogen) atoms. The molecular formula is C25H20N4O4. The molecule has 0 amide bonds. The molecule has 8 nitrogen and oxygen atoms in total. The zero-order valence-corrected chi connectivity index (χ0v) is 17.5. The van der Waals surface area contributed by atoms with E-state index in [1.807, 2.05) is 54.6 Å². The van der Waals surface area contributed by atoms with Crippen LogP contribution < -0.4 is 10.1 Å². The van der Waals surface area contributed by atoms with Crippen molar-refractivity contribution in [3.63, 3.8) is 0 Å². The first-order chi connectivity index (χ1) is 16.3. The van der Waals surface area contributed by atoms with Gasteiger partial charge in [0.1, 0.15) is 12.4 Å². The van der Waals surface area contributed by atoms with Crippen LogP contribution in [0.15, 0.2) is 100 Å². The second-order valence-electron chi connectivity index (χ2n) is 7.20. The van der Waals surface area contributed by atoms with Gasteiger partial charge in [-0.05, 0) is 47.5 Å². The van der Waals surface area contributed by atoms with Crippen LogP contribution in [0.4, 0.5) is 5.95 Å². The number of hydrogen-bond acceptors (Lipinski definition) is 7. The Hall–Kier alpha value is -4.59. The van der Waals surface area contributed by atoms with Crippen LogP contribution in [-0.4, -0.2) is 20.7 Å². The van der Waals surface area contributed by atoms with E-state index < -0.39 is 5.91 Å². The lowest BCUT2D eigenvalue weighted by Crippen LogP contribution is -2.17. The number of ether oxygens (including phenoxy) is 1. The van der Waals surface area contributed by atoms with Crippen LogP contribution in [0.5, 0.6) is 5.75 Å². The SMILES string of the molecule is O=C(c1ccco1)n1nc(-c2ccco2)nc1NCc1ccc(OCc2ccccc2)cc1. The monoisotopic (exact) mass is 440 g/mol. The molecule has 0 radical (unpaired) electrons. The second-order valence-corrected chi connectivity index (χ2v) is 7.20. The topological polar surface area (TPSA) is 95.3 Å². The van der Waals surface area contributed by atoms with Crippen molar-refractivity contribution in [3.05, 3.63) is 108 Å². The van der Waals surface area contributed by atoms with Crippen LogP contribution >= 0.6 is 0 Å². The maximum atomic E-state index is 12.8. The summed E-state index contributed by atoms with van der Waals surface area (Å²) >= 11 is 0. The summed E-state index contributed by atoms with van der Waals surface area (Å²) in [5.74, 6) is 1.55. The molecule has 0 aliphatic carbocycles. The van der Waals surface area contributed by atoms with Gasteiger partial charge in [0.2, 0.25) is 11.8 Å². The molecule has 5 aromatic rings. The number of carbonyl (C=O) groups is 1. The third kappa shape index (κ3) is 4.69. The average molecular weight is 440 g/mol. The van der Waals surface area contributed by atoms with Crippen molar-refractivity contribution >= 4 is 11.9 Å². The Bertz CT molecular complexity index is 1310. The molecule has 0 aliphatic rings. The lowest BCUT2D eigenvalue weighted by molar-refractivity contribution is 0.0919. The fraction of sp³-hybridized carbons (Fsp3) is 0.0800. The molecule has 0 spiro atoms. The molecule has 164 valence electrons. The minimum absolute atomic E-state index is 0.161. The Labute approximate surface area is 189 Å². The van der Waals surface area contributed by atoms with Gasteiger partial charge in [0, 0.05) is 6.54 Å². The predicted octanol–water partition coefficient (Wildman–Crippen LogP) is 5.01. The lowest BCUT2D eigenvalue weighted by atomic mass is 10.2. The average Bonchev–Trinajstić information content (AvgIpc) is 3.64. The number of furan rings is 2. The smallest absolute Gasteiger partial charge is 0.317 e. The van der Waals surface area contributed by atoms with E-state index in [4.69, 9.17) is 13.6 Å². The molecule has 2 aromatic carbocycles. The molecule has 0 saturated carbocycles. The maximum Gasteiger partial charge on any atom is 0.317 e. The van der Waals surface area contributed by atoms with Gasteiger partial charge in [-0.1, -0.05) is 42.5 Å². The van der Waals surface area contributed by atoms with E-state index in [9.17, 15) is 4.79 Å². The van der Waals surface area contributed by atoms with Crippen molar-refractivity contribution < 1.29 is 18.4 Å². The number of benzene rings is 2. The maximum absolute atomic E-state index is 12.8. The Morgan fingerprint density at radius 1 is 0.879 bits per heavy atom. The highest BCUT2D eigenvalue weighted by molar-refractivity contribution is 5.94. The second kappa shape index (κ2) is 9.27. The van der Waals surface area contributed by atoms with Gasteiger partial charge >= 0.3 is 5.91 Å². The molecule has 0 fully saturated rings. The van der Waals surface area contributed by atoms with E-state index in [2.05, 4.69) is 15.4 Å². The third-order valence-corrected chi connectivity index (χ3v) is 4.90. The molecule has 0 unspecified atom stereocenters. The Morgan fingerprint density at radius 2 is 1.67 bits per heavy atom. The lowest BCUT2D eigenvalue weighted by Gasteiger charge is -2.09. The van der Waals surface area contributed by atoms with Crippen molar-refractivity contribution in [1.29, 1.82) is 0 Å². The highest BCUT2D eigenvalue weighted by Crippen LogP contribution is 2.21. The van der Waals surface area contributed by atoms with Crippen molar-refractivity contribution in [1.82, 2.24) is 14.8 Å². The first-order valence-electron chi connectivity index (χ1n) is 10.3. The van der Waals surface area contributed by atoms with Gasteiger partial charge in [-0.15, -0.1) is 5.10 Å². The molecule has 0 saturated heterocycles. The zero-order valence-electron chi connectivity index (χ0n) is 17.5. The quantitative estimate of drug-likeness (QED) is 0.362. The first-order valence-corrected chi connectivity index (χ1v) is 10.3. The number of rotatable bonds is 8. The fourth-order valence-corrected chi connectivity index (χ4v) is 3.21. The summed E-state index contributed by atoms with van der Waals surface area (Å²) in [7, 11) is 0. The number of aromatic nitrogens is 3. The van der Waals surface area contributed by atoms with Crippen molar-refractivity contribution in [3.8, 4) is 17.3 Å². The summed E-state index contributed by atoms with van der Waals surface area (Å²) in [6.07, 6.45) is 2.96. The van der Waals surface area contributed by atoms with E-state index >= 15 is 0 Å². The summed E-state index contributed by atoms with van der Waals surface area (Å²) < 4.78 is 17.6. The molecule has 8 heteroatoms. The van der Waals surface area contributed by atoms with Gasteiger partial charge in [0.15, 0.2) is 11.5 Å². The van der Waals surface area contributed by atoms with Gasteiger partial charge in [-0.2, -0.15) is 9.67 Å². The molecule has 0 aliphatic heterocycles. The van der Waals surface area contributed by atoms with E-state index in [1.54, 1.807) is 24.3 Å². The summed E-state index contributed by atoms with van der Waals surface area (Å²) in [6.45, 7) is 0.937. The Morgan fingerprint density at radius 3 is 2.39 bits per heavy atom. The standard InChI is InChI=1S/C25H20N4O4/c30-24(22-9-5-15-32-22)29-25(27-23(28-29)21-8-4-14-31-21)26-16-18-10-12-20(13-11-18)33-17-19-6-2-1-3-7-19/h1-15H,16-17H2,(H,26,27,28). The van der Waals surface area contributed by atoms with Crippen LogP contribution in [0, 0.1) is 0 Å². The summed E-state index contributed by atoms with van der Waals surface area (Å²) in [4.78, 5) is 17.3. The Balaban J connectivity index is 1.29. The molecule has 1 N–H and O–H groups in total. The van der Waals surface area contributed by atoms with Crippen LogP contribution in [0.3, 0.4) is 0 Å². The summed E-state index contributed by atoms with van der Waals surface area (Å²) in [5.41, 5.74) is 2.10. The highest BCUT2D eigenvalue weighted by Gasteiger charge is 2.21. The molecular weight excluding hydrogens is 420 g/mol. The zero-order chi connectivity index (χ0) is 22.5. The predicted molar refractivity (Wildman–Crippen MR) is 121 cm³/mol. The van der Waals surface area contributed by atoms with Gasteiger partial charge < -0.3 is 18.9 Å². The molecule has 5 rings (SSSR count). The van der Waals surface area contributed by atoms with Gasteiger partial charge in [0.05, 0.1) is 12.5 Å². The number of hydrogen-bond donors (Lipinski definition) is 1. The minimum atomic E-state index is -0.433. The van der Waals surface area contributed by atoms with Crippen LogP contribution in [0.25, 0.3) is 11.6 Å². The van der Waals surface area contributed by atoms with Gasteiger partial charge in [0.25, 0.3) is 0 Å². The Kier molecular flexibility index (Phi) is 5.71. The molecule has 0 bridgehead atoms. The van der Waals surface area contributed by atoms with Crippen LogP contribution in [0.2, 0.25) is 0 Å². The third-order valence-electron chi connectivity index (χ3n) is 4.90. The number of nitrogens with zero attached hydrogens (tertiary/aromatic N) is 3. The minimum Gasteiger partial charge on any atom is -0.489 e. The highest BCUT2D eigenvalue weighted by atomic mass is 16.5. The molecule has 0 atom stereocenters. The van der Waals surface area contributed by atoms with Crippen molar-refractivity contribution in [2.24, 2.45) is 0 Å². The fourth-order valence-electron chi connectivity index (χ4n) is 3.21. The van der Waals surface area contributed by atoms with E-state index in [1.165, 1.54) is 17.2 Å². The van der Waals surface area contributed by atoms with Crippen molar-refractivity contribution in [2.75, 3.05) is 5.32 Å². The van der Waals surface area contributed by atoms with Crippen LogP contribution in [-0.2, 0) is 13.2 Å². The summed E-state index contributed by atoms with van der Waals surface area (Å²) in [5, 5.41) is 7.48. The van der Waals surface area contributed by atoms with E-state index in [0.29, 0.717) is 24.7 Å². The number of anilines is 1. The first kappa shape index (κ1) is 20.3. The molecule has 3 aromatic heterocycles. The largest absolute Gasteiger partial charge is 0.489 e.